The Kier molecular flexibility index (Phi) is 5.10. The van der Waals surface area contributed by atoms with Gasteiger partial charge in [0.2, 0.25) is 0 Å². The molecule has 0 aliphatic carbocycles. The van der Waals surface area contributed by atoms with Crippen molar-refractivity contribution >= 4 is 0 Å². The van der Waals surface area contributed by atoms with Gasteiger partial charge in [-0.15, -0.1) is 0 Å². The molecule has 0 aromatic heterocycles. The molecular formula is C17H20FN. The van der Waals surface area contributed by atoms with Gasteiger partial charge in [0, 0.05) is 0 Å². The van der Waals surface area contributed by atoms with Crippen LogP contribution in [0, 0.1) is 5.82 Å². The van der Waals surface area contributed by atoms with Gasteiger partial charge in [-0.3, -0.25) is 0 Å². The van der Waals surface area contributed by atoms with Crippen LogP contribution in [0.4, 0.5) is 4.39 Å². The summed E-state index contributed by atoms with van der Waals surface area (Å²) in [6.07, 6.45) is 3.21. The molecule has 1 unspecified atom stereocenters. The second-order valence-corrected chi connectivity index (χ2v) is 4.86. The minimum atomic E-state index is -0.191. The first kappa shape index (κ1) is 13.8. The summed E-state index contributed by atoms with van der Waals surface area (Å²) in [5.41, 5.74) is 8.32. The van der Waals surface area contributed by atoms with Crippen LogP contribution in [-0.2, 0) is 6.42 Å². The minimum absolute atomic E-state index is 0.191. The highest BCUT2D eigenvalue weighted by atomic mass is 19.1. The first-order valence-corrected chi connectivity index (χ1v) is 6.79. The van der Waals surface area contributed by atoms with Crippen LogP contribution in [0.25, 0.3) is 0 Å². The maximum absolute atomic E-state index is 12.9. The summed E-state index contributed by atoms with van der Waals surface area (Å²) in [6.45, 7) is 0.612. The predicted octanol–water partition coefficient (Wildman–Crippen LogP) is 3.89. The van der Waals surface area contributed by atoms with E-state index in [-0.39, 0.29) is 5.82 Å². The average molecular weight is 257 g/mol. The highest BCUT2D eigenvalue weighted by molar-refractivity contribution is 5.21. The third-order valence-electron chi connectivity index (χ3n) is 3.49. The van der Waals surface area contributed by atoms with Gasteiger partial charge in [0.1, 0.15) is 5.82 Å². The van der Waals surface area contributed by atoms with Crippen LogP contribution in [0.15, 0.2) is 54.6 Å². The molecule has 0 spiro atoms. The fraction of sp³-hybridized carbons (Fsp3) is 0.294. The molecule has 0 heterocycles. The van der Waals surface area contributed by atoms with E-state index in [9.17, 15) is 4.39 Å². The van der Waals surface area contributed by atoms with Crippen molar-refractivity contribution in [3.63, 3.8) is 0 Å². The lowest BCUT2D eigenvalue weighted by atomic mass is 9.92. The molecule has 100 valence electrons. The van der Waals surface area contributed by atoms with Crippen LogP contribution < -0.4 is 5.73 Å². The molecule has 0 radical (unpaired) electrons. The average Bonchev–Trinajstić information content (AvgIpc) is 2.46. The number of aryl methyl sites for hydroxylation is 1. The Hall–Kier alpha value is -1.67. The Morgan fingerprint density at radius 2 is 1.63 bits per heavy atom. The topological polar surface area (TPSA) is 26.0 Å². The second kappa shape index (κ2) is 7.05. The van der Waals surface area contributed by atoms with Crippen molar-refractivity contribution in [3.8, 4) is 0 Å². The van der Waals surface area contributed by atoms with Gasteiger partial charge < -0.3 is 5.73 Å². The van der Waals surface area contributed by atoms with E-state index in [0.717, 1.165) is 24.8 Å². The summed E-state index contributed by atoms with van der Waals surface area (Å²) in [7, 11) is 0. The standard InChI is InChI=1S/C17H20FN/c18-17-11-9-15(10-12-17)16(13-19)8-4-7-14-5-2-1-3-6-14/h1-3,5-6,9-12,16H,4,7-8,13,19H2. The molecule has 1 nitrogen and oxygen atoms in total. The van der Waals surface area contributed by atoms with Gasteiger partial charge in [0.15, 0.2) is 0 Å². The van der Waals surface area contributed by atoms with E-state index in [1.165, 1.54) is 17.7 Å². The van der Waals surface area contributed by atoms with Gasteiger partial charge in [-0.1, -0.05) is 42.5 Å². The molecule has 0 saturated carbocycles. The molecule has 0 bridgehead atoms. The monoisotopic (exact) mass is 257 g/mol. The van der Waals surface area contributed by atoms with E-state index in [0.29, 0.717) is 12.5 Å². The van der Waals surface area contributed by atoms with Crippen molar-refractivity contribution in [3.05, 3.63) is 71.5 Å². The van der Waals surface area contributed by atoms with Crippen LogP contribution in [0.5, 0.6) is 0 Å². The normalized spacial score (nSPS) is 12.3. The van der Waals surface area contributed by atoms with E-state index in [4.69, 9.17) is 5.73 Å². The molecule has 0 fully saturated rings. The summed E-state index contributed by atoms with van der Waals surface area (Å²) in [5, 5.41) is 0. The first-order chi connectivity index (χ1) is 9.29. The highest BCUT2D eigenvalue weighted by Gasteiger charge is 2.09. The summed E-state index contributed by atoms with van der Waals surface area (Å²) in [6, 6.07) is 17.2. The van der Waals surface area contributed by atoms with Crippen molar-refractivity contribution < 1.29 is 4.39 Å². The van der Waals surface area contributed by atoms with Crippen molar-refractivity contribution in [2.45, 2.75) is 25.2 Å². The molecule has 0 aliphatic rings. The molecular weight excluding hydrogens is 237 g/mol. The Morgan fingerprint density at radius 3 is 2.26 bits per heavy atom. The van der Waals surface area contributed by atoms with Crippen LogP contribution in [0.1, 0.15) is 29.9 Å². The fourth-order valence-corrected chi connectivity index (χ4v) is 2.35. The maximum Gasteiger partial charge on any atom is 0.123 e. The zero-order chi connectivity index (χ0) is 13.5. The largest absolute Gasteiger partial charge is 0.330 e. The van der Waals surface area contributed by atoms with Crippen LogP contribution in [0.3, 0.4) is 0 Å². The zero-order valence-electron chi connectivity index (χ0n) is 11.1. The van der Waals surface area contributed by atoms with E-state index in [1.807, 2.05) is 18.2 Å². The van der Waals surface area contributed by atoms with Crippen molar-refractivity contribution in [2.75, 3.05) is 6.54 Å². The molecule has 0 aliphatic heterocycles. The SMILES string of the molecule is NCC(CCCc1ccccc1)c1ccc(F)cc1. The molecule has 0 saturated heterocycles. The number of halogens is 1. The van der Waals surface area contributed by atoms with Crippen LogP contribution in [-0.4, -0.2) is 6.54 Å². The number of nitrogens with two attached hydrogens (primary N) is 1. The van der Waals surface area contributed by atoms with E-state index in [2.05, 4.69) is 24.3 Å². The quantitative estimate of drug-likeness (QED) is 0.834. The Morgan fingerprint density at radius 1 is 0.947 bits per heavy atom. The Bertz CT molecular complexity index is 478. The highest BCUT2D eigenvalue weighted by Crippen LogP contribution is 2.21. The zero-order valence-corrected chi connectivity index (χ0v) is 11.1. The van der Waals surface area contributed by atoms with E-state index in [1.54, 1.807) is 0 Å². The van der Waals surface area contributed by atoms with E-state index < -0.39 is 0 Å². The molecule has 2 rings (SSSR count). The maximum atomic E-state index is 12.9. The number of rotatable bonds is 6. The lowest BCUT2D eigenvalue weighted by Crippen LogP contribution is -2.12. The lowest BCUT2D eigenvalue weighted by Gasteiger charge is -2.15. The summed E-state index contributed by atoms with van der Waals surface area (Å²) in [4.78, 5) is 0. The smallest absolute Gasteiger partial charge is 0.123 e. The number of benzene rings is 2. The van der Waals surface area contributed by atoms with Gasteiger partial charge in [0.25, 0.3) is 0 Å². The Labute approximate surface area is 114 Å². The van der Waals surface area contributed by atoms with Gasteiger partial charge in [0.05, 0.1) is 0 Å². The van der Waals surface area contributed by atoms with Gasteiger partial charge in [-0.25, -0.2) is 4.39 Å². The molecule has 19 heavy (non-hydrogen) atoms. The van der Waals surface area contributed by atoms with Crippen molar-refractivity contribution in [2.24, 2.45) is 5.73 Å². The van der Waals surface area contributed by atoms with Crippen LogP contribution >= 0.6 is 0 Å². The lowest BCUT2D eigenvalue weighted by molar-refractivity contribution is 0.593. The number of hydrogen-bond donors (Lipinski definition) is 1. The molecule has 2 aromatic carbocycles. The van der Waals surface area contributed by atoms with Crippen molar-refractivity contribution in [1.82, 2.24) is 0 Å². The van der Waals surface area contributed by atoms with Gasteiger partial charge >= 0.3 is 0 Å². The van der Waals surface area contributed by atoms with Crippen molar-refractivity contribution in [1.29, 1.82) is 0 Å². The third kappa shape index (κ3) is 4.18. The summed E-state index contributed by atoms with van der Waals surface area (Å²) < 4.78 is 12.9. The summed E-state index contributed by atoms with van der Waals surface area (Å²) in [5.74, 6) is 0.133. The molecule has 2 N–H and O–H groups in total. The molecule has 0 amide bonds. The molecule has 1 atom stereocenters. The second-order valence-electron chi connectivity index (χ2n) is 4.86. The van der Waals surface area contributed by atoms with Gasteiger partial charge in [-0.2, -0.15) is 0 Å². The Balaban J connectivity index is 1.87. The van der Waals surface area contributed by atoms with Crippen LogP contribution in [0.2, 0.25) is 0 Å². The molecule has 2 heteroatoms. The minimum Gasteiger partial charge on any atom is -0.330 e. The fourth-order valence-electron chi connectivity index (χ4n) is 2.35. The first-order valence-electron chi connectivity index (χ1n) is 6.79. The van der Waals surface area contributed by atoms with Gasteiger partial charge in [-0.05, 0) is 55.0 Å². The summed E-state index contributed by atoms with van der Waals surface area (Å²) >= 11 is 0. The number of hydrogen-bond acceptors (Lipinski definition) is 1. The molecule has 2 aromatic rings. The van der Waals surface area contributed by atoms with E-state index >= 15 is 0 Å². The third-order valence-corrected chi connectivity index (χ3v) is 3.49. The predicted molar refractivity (Wildman–Crippen MR) is 77.6 cm³/mol.